The second-order valence-corrected chi connectivity index (χ2v) is 5.48. The second kappa shape index (κ2) is 4.99. The van der Waals surface area contributed by atoms with E-state index in [1.54, 1.807) is 19.2 Å². The van der Waals surface area contributed by atoms with Crippen LogP contribution in [0.4, 0.5) is 10.1 Å². The first kappa shape index (κ1) is 13.3. The summed E-state index contributed by atoms with van der Waals surface area (Å²) < 4.78 is 23.9. The number of nitrogens with zero attached hydrogens (tertiary/aromatic N) is 2. The van der Waals surface area contributed by atoms with Crippen LogP contribution in [-0.2, 0) is 4.74 Å². The minimum absolute atomic E-state index is 0.0911. The van der Waals surface area contributed by atoms with E-state index in [2.05, 4.69) is 4.37 Å². The average molecular weight is 296 g/mol. The number of methoxy groups -OCH3 is 1. The van der Waals surface area contributed by atoms with Gasteiger partial charge in [-0.1, -0.05) is 0 Å². The highest BCUT2D eigenvalue weighted by Crippen LogP contribution is 2.33. The molecule has 1 atom stereocenters. The number of halogens is 1. The maximum Gasteiger partial charge on any atom is 0.356 e. The van der Waals surface area contributed by atoms with E-state index < -0.39 is 11.8 Å². The lowest BCUT2D eigenvalue weighted by atomic mass is 10.2. The number of hydrogen-bond acceptors (Lipinski definition) is 5. The molecule has 1 aromatic carbocycles. The third-order valence-corrected chi connectivity index (χ3v) is 4.44. The number of hydrogen-bond donors (Lipinski definition) is 1. The lowest BCUT2D eigenvalue weighted by molar-refractivity contribution is 0.0694. The van der Waals surface area contributed by atoms with Crippen LogP contribution in [0.15, 0.2) is 12.1 Å². The van der Waals surface area contributed by atoms with Crippen molar-refractivity contribution in [3.8, 4) is 0 Å². The summed E-state index contributed by atoms with van der Waals surface area (Å²) in [5.41, 5.74) is 0.393. The Balaban J connectivity index is 2.02. The van der Waals surface area contributed by atoms with Gasteiger partial charge in [-0.3, -0.25) is 0 Å². The molecule has 1 aliphatic rings. The fourth-order valence-corrected chi connectivity index (χ4v) is 3.31. The quantitative estimate of drug-likeness (QED) is 0.942. The van der Waals surface area contributed by atoms with E-state index in [4.69, 9.17) is 9.84 Å². The van der Waals surface area contributed by atoms with Crippen molar-refractivity contribution in [1.82, 2.24) is 4.37 Å². The van der Waals surface area contributed by atoms with Gasteiger partial charge in [-0.25, -0.2) is 9.18 Å². The highest BCUT2D eigenvalue weighted by atomic mass is 32.1. The number of rotatable bonds is 3. The van der Waals surface area contributed by atoms with Gasteiger partial charge in [-0.2, -0.15) is 4.37 Å². The van der Waals surface area contributed by atoms with Crippen molar-refractivity contribution in [2.45, 2.75) is 12.5 Å². The van der Waals surface area contributed by atoms with Gasteiger partial charge in [0.15, 0.2) is 11.5 Å². The molecule has 0 radical (unpaired) electrons. The molecule has 1 aliphatic heterocycles. The predicted octanol–water partition coefficient (Wildman–Crippen LogP) is 2.36. The third kappa shape index (κ3) is 2.03. The van der Waals surface area contributed by atoms with Crippen LogP contribution in [0.2, 0.25) is 0 Å². The molecule has 20 heavy (non-hydrogen) atoms. The molecule has 3 rings (SSSR count). The molecule has 7 heteroatoms. The highest BCUT2D eigenvalue weighted by molar-refractivity contribution is 7.13. The normalized spacial score (nSPS) is 18.9. The van der Waals surface area contributed by atoms with Gasteiger partial charge in [0.05, 0.1) is 16.5 Å². The highest BCUT2D eigenvalue weighted by Gasteiger charge is 2.26. The topological polar surface area (TPSA) is 62.7 Å². The van der Waals surface area contributed by atoms with E-state index in [9.17, 15) is 9.18 Å². The van der Waals surface area contributed by atoms with Gasteiger partial charge in [0, 0.05) is 25.6 Å². The molecule has 106 valence electrons. The van der Waals surface area contributed by atoms with Gasteiger partial charge in [-0.15, -0.1) is 0 Å². The Hall–Kier alpha value is -1.73. The van der Waals surface area contributed by atoms with E-state index >= 15 is 0 Å². The predicted molar refractivity (Wildman–Crippen MR) is 74.2 cm³/mol. The molecule has 1 saturated heterocycles. The van der Waals surface area contributed by atoms with Gasteiger partial charge in [0.1, 0.15) is 0 Å². The number of aromatic carboxylic acids is 1. The smallest absolute Gasteiger partial charge is 0.356 e. The summed E-state index contributed by atoms with van der Waals surface area (Å²) in [7, 11) is 1.65. The number of carboxylic acids is 1. The Morgan fingerprint density at radius 3 is 3.05 bits per heavy atom. The fraction of sp³-hybridized carbons (Fsp3) is 0.385. The van der Waals surface area contributed by atoms with E-state index in [0.717, 1.165) is 24.5 Å². The van der Waals surface area contributed by atoms with Crippen LogP contribution in [0.25, 0.3) is 10.1 Å². The van der Waals surface area contributed by atoms with Crippen LogP contribution in [-0.4, -0.2) is 41.8 Å². The number of fused-ring (bicyclic) bond motifs is 1. The Kier molecular flexibility index (Phi) is 3.31. The zero-order valence-corrected chi connectivity index (χ0v) is 11.6. The molecule has 0 spiro atoms. The molecule has 2 heterocycles. The number of ether oxygens (including phenoxy) is 1. The minimum atomic E-state index is -1.14. The van der Waals surface area contributed by atoms with Crippen LogP contribution in [0.5, 0.6) is 0 Å². The zero-order chi connectivity index (χ0) is 14.3. The molecule has 0 bridgehead atoms. The number of carbonyl (C=O) groups is 1. The molecule has 2 aromatic rings. The van der Waals surface area contributed by atoms with Crippen molar-refractivity contribution in [1.29, 1.82) is 0 Å². The standard InChI is InChI=1S/C13H13FN2O3S/c1-19-7-4-5-16(6-7)9-3-2-8-11(13(17)18)15-20-12(8)10(9)14/h2-3,7H,4-6H2,1H3,(H,17,18)/t7-/m0/s1. The fourth-order valence-electron chi connectivity index (χ4n) is 2.50. The Morgan fingerprint density at radius 2 is 2.40 bits per heavy atom. The minimum Gasteiger partial charge on any atom is -0.476 e. The summed E-state index contributed by atoms with van der Waals surface area (Å²) in [5, 5.41) is 9.36. The molecule has 5 nitrogen and oxygen atoms in total. The Labute approximate surface area is 118 Å². The van der Waals surface area contributed by atoms with Gasteiger partial charge in [-0.05, 0) is 30.1 Å². The first-order chi connectivity index (χ1) is 9.61. The van der Waals surface area contributed by atoms with Crippen LogP contribution in [0.3, 0.4) is 0 Å². The number of carboxylic acid groups (broad SMARTS) is 1. The largest absolute Gasteiger partial charge is 0.476 e. The van der Waals surface area contributed by atoms with Crippen LogP contribution >= 0.6 is 11.5 Å². The lowest BCUT2D eigenvalue weighted by Crippen LogP contribution is -2.23. The molecular formula is C13H13FN2O3S. The number of aromatic nitrogens is 1. The van der Waals surface area contributed by atoms with Crippen molar-refractivity contribution in [3.63, 3.8) is 0 Å². The third-order valence-electron chi connectivity index (χ3n) is 3.58. The van der Waals surface area contributed by atoms with Gasteiger partial charge in [0.2, 0.25) is 0 Å². The molecule has 0 saturated carbocycles. The molecule has 0 unspecified atom stereocenters. The van der Waals surface area contributed by atoms with Crippen molar-refractivity contribution in [2.75, 3.05) is 25.1 Å². The Bertz CT molecular complexity index is 673. The molecular weight excluding hydrogens is 283 g/mol. The first-order valence-electron chi connectivity index (χ1n) is 6.20. The van der Waals surface area contributed by atoms with Crippen molar-refractivity contribution < 1.29 is 19.0 Å². The van der Waals surface area contributed by atoms with E-state index in [0.29, 0.717) is 22.3 Å². The maximum absolute atomic E-state index is 14.5. The molecule has 0 aliphatic carbocycles. The van der Waals surface area contributed by atoms with Gasteiger partial charge in [0.25, 0.3) is 0 Å². The summed E-state index contributed by atoms with van der Waals surface area (Å²) in [6.45, 7) is 1.37. The summed E-state index contributed by atoms with van der Waals surface area (Å²) in [5.74, 6) is -1.53. The number of benzene rings is 1. The Morgan fingerprint density at radius 1 is 1.60 bits per heavy atom. The molecule has 0 amide bonds. The van der Waals surface area contributed by atoms with E-state index in [1.165, 1.54) is 0 Å². The van der Waals surface area contributed by atoms with Crippen molar-refractivity contribution in [2.24, 2.45) is 0 Å². The van der Waals surface area contributed by atoms with Crippen LogP contribution in [0, 0.1) is 5.82 Å². The van der Waals surface area contributed by atoms with E-state index in [1.807, 2.05) is 4.90 Å². The maximum atomic E-state index is 14.5. The van der Waals surface area contributed by atoms with Crippen molar-refractivity contribution in [3.05, 3.63) is 23.6 Å². The lowest BCUT2D eigenvalue weighted by Gasteiger charge is -2.19. The summed E-state index contributed by atoms with van der Waals surface area (Å²) in [4.78, 5) is 12.9. The average Bonchev–Trinajstić information content (AvgIpc) is 3.05. The molecule has 1 aromatic heterocycles. The SMILES string of the molecule is CO[C@H]1CCN(c2ccc3c(C(=O)O)nsc3c2F)C1. The zero-order valence-electron chi connectivity index (χ0n) is 10.8. The second-order valence-electron chi connectivity index (χ2n) is 4.70. The van der Waals surface area contributed by atoms with Gasteiger partial charge >= 0.3 is 5.97 Å². The summed E-state index contributed by atoms with van der Waals surface area (Å²) in [6.07, 6.45) is 0.970. The van der Waals surface area contributed by atoms with Crippen molar-refractivity contribution >= 4 is 33.3 Å². The van der Waals surface area contributed by atoms with Crippen LogP contribution in [0.1, 0.15) is 16.9 Å². The number of anilines is 1. The van der Waals surface area contributed by atoms with E-state index in [-0.39, 0.29) is 11.8 Å². The summed E-state index contributed by atoms with van der Waals surface area (Å²) >= 11 is 0.885. The van der Waals surface area contributed by atoms with Gasteiger partial charge < -0.3 is 14.7 Å². The van der Waals surface area contributed by atoms with Crippen LogP contribution < -0.4 is 4.90 Å². The molecule has 1 fully saturated rings. The first-order valence-corrected chi connectivity index (χ1v) is 6.98. The monoisotopic (exact) mass is 296 g/mol. The summed E-state index contributed by atoms with van der Waals surface area (Å²) in [6, 6.07) is 3.25. The molecule has 1 N–H and O–H groups in total.